The molecule has 1 aromatic rings. The fourth-order valence-corrected chi connectivity index (χ4v) is 4.59. The van der Waals surface area contributed by atoms with Gasteiger partial charge >= 0.3 is 5.97 Å². The first-order valence-corrected chi connectivity index (χ1v) is 7.83. The Balaban J connectivity index is 1.79. The Morgan fingerprint density at radius 1 is 1.35 bits per heavy atom. The summed E-state index contributed by atoms with van der Waals surface area (Å²) in [5.41, 5.74) is 0.955. The largest absolute Gasteiger partial charge is 0.456 e. The summed E-state index contributed by atoms with van der Waals surface area (Å²) in [6.45, 7) is 0.773. The standard InChI is InChI=1S/C17H17NO5/c1-18-7-13-17(5-4-9(19)6-12(17)18)10-2-3-11-15(22-8-21-11)14(10)16(20)23-13/h2-5,9,12-13,19H,6-8H2,1H3/t9-,12-,13-,17-/m0/s1. The second kappa shape index (κ2) is 4.27. The number of nitrogens with zero attached hydrogens (tertiary/aromatic N) is 1. The fourth-order valence-electron chi connectivity index (χ4n) is 4.59. The molecular formula is C17H17NO5. The van der Waals surface area contributed by atoms with E-state index in [0.29, 0.717) is 30.0 Å². The maximum atomic E-state index is 12.6. The van der Waals surface area contributed by atoms with Gasteiger partial charge in [0.2, 0.25) is 6.79 Å². The Morgan fingerprint density at radius 2 is 2.22 bits per heavy atom. The molecule has 0 amide bonds. The first kappa shape index (κ1) is 13.4. The van der Waals surface area contributed by atoms with Gasteiger partial charge in [0.25, 0.3) is 0 Å². The number of likely N-dealkylation sites (tertiary alicyclic amines) is 1. The molecule has 23 heavy (non-hydrogen) atoms. The molecule has 0 unspecified atom stereocenters. The van der Waals surface area contributed by atoms with Crippen molar-refractivity contribution >= 4 is 5.97 Å². The molecule has 4 atom stereocenters. The third kappa shape index (κ3) is 1.52. The Morgan fingerprint density at radius 3 is 3.09 bits per heavy atom. The van der Waals surface area contributed by atoms with Crippen LogP contribution >= 0.6 is 0 Å². The molecule has 1 saturated heterocycles. The summed E-state index contributed by atoms with van der Waals surface area (Å²) in [5.74, 6) is 0.706. The number of esters is 1. The first-order chi connectivity index (χ1) is 11.1. The molecule has 6 heteroatoms. The van der Waals surface area contributed by atoms with Crippen LogP contribution in [0.1, 0.15) is 22.3 Å². The average molecular weight is 315 g/mol. The highest BCUT2D eigenvalue weighted by Crippen LogP contribution is 2.53. The van der Waals surface area contributed by atoms with Crippen LogP contribution in [0.25, 0.3) is 0 Å². The summed E-state index contributed by atoms with van der Waals surface area (Å²) >= 11 is 0. The van der Waals surface area contributed by atoms with Gasteiger partial charge in [0.15, 0.2) is 11.5 Å². The Labute approximate surface area is 133 Å². The minimum Gasteiger partial charge on any atom is -0.456 e. The summed E-state index contributed by atoms with van der Waals surface area (Å²) in [5, 5.41) is 10.0. The molecule has 3 aliphatic heterocycles. The van der Waals surface area contributed by atoms with Crippen LogP contribution in [-0.4, -0.2) is 54.6 Å². The van der Waals surface area contributed by atoms with E-state index in [2.05, 4.69) is 4.90 Å². The summed E-state index contributed by atoms with van der Waals surface area (Å²) in [7, 11) is 2.01. The van der Waals surface area contributed by atoms with Gasteiger partial charge in [-0.25, -0.2) is 4.79 Å². The second-order valence-electron chi connectivity index (χ2n) is 6.67. The lowest BCUT2D eigenvalue weighted by Gasteiger charge is -2.44. The molecule has 120 valence electrons. The second-order valence-corrected chi connectivity index (χ2v) is 6.67. The zero-order valence-corrected chi connectivity index (χ0v) is 12.7. The van der Waals surface area contributed by atoms with Crippen LogP contribution in [0, 0.1) is 0 Å². The number of ether oxygens (including phenoxy) is 3. The lowest BCUT2D eigenvalue weighted by atomic mass is 9.65. The molecule has 4 aliphatic rings. The zero-order chi connectivity index (χ0) is 15.8. The van der Waals surface area contributed by atoms with E-state index in [-0.39, 0.29) is 24.9 Å². The monoisotopic (exact) mass is 315 g/mol. The van der Waals surface area contributed by atoms with Gasteiger partial charge in [0.1, 0.15) is 11.7 Å². The number of benzene rings is 1. The topological polar surface area (TPSA) is 68.2 Å². The van der Waals surface area contributed by atoms with Crippen LogP contribution < -0.4 is 9.47 Å². The van der Waals surface area contributed by atoms with E-state index < -0.39 is 11.5 Å². The van der Waals surface area contributed by atoms with E-state index in [1.54, 1.807) is 0 Å². The van der Waals surface area contributed by atoms with Gasteiger partial charge in [0, 0.05) is 12.6 Å². The average Bonchev–Trinajstić information content (AvgIpc) is 3.10. The van der Waals surface area contributed by atoms with Crippen LogP contribution in [0.2, 0.25) is 0 Å². The number of fused-ring (bicyclic) bond motifs is 3. The summed E-state index contributed by atoms with van der Waals surface area (Å²) in [4.78, 5) is 14.8. The van der Waals surface area contributed by atoms with Crippen molar-refractivity contribution in [1.29, 1.82) is 0 Å². The third-order valence-corrected chi connectivity index (χ3v) is 5.59. The van der Waals surface area contributed by atoms with Gasteiger partial charge in [0.05, 0.1) is 11.5 Å². The maximum Gasteiger partial charge on any atom is 0.342 e. The predicted octanol–water partition coefficient (Wildman–Crippen LogP) is 0.827. The molecule has 0 bridgehead atoms. The molecule has 0 saturated carbocycles. The van der Waals surface area contributed by atoms with E-state index >= 15 is 0 Å². The van der Waals surface area contributed by atoms with E-state index in [9.17, 15) is 9.90 Å². The molecule has 0 radical (unpaired) electrons. The molecule has 0 aromatic heterocycles. The van der Waals surface area contributed by atoms with E-state index in [1.807, 2.05) is 31.3 Å². The van der Waals surface area contributed by atoms with Crippen molar-refractivity contribution in [3.05, 3.63) is 35.4 Å². The number of carbonyl (C=O) groups is 1. The molecule has 1 aliphatic carbocycles. The van der Waals surface area contributed by atoms with Gasteiger partial charge in [-0.3, -0.25) is 4.90 Å². The van der Waals surface area contributed by atoms with Crippen LogP contribution in [0.5, 0.6) is 11.5 Å². The van der Waals surface area contributed by atoms with Gasteiger partial charge in [-0.15, -0.1) is 0 Å². The molecule has 5 rings (SSSR count). The summed E-state index contributed by atoms with van der Waals surface area (Å²) in [6, 6.07) is 3.89. The number of hydrogen-bond donors (Lipinski definition) is 1. The smallest absolute Gasteiger partial charge is 0.342 e. The highest BCUT2D eigenvalue weighted by atomic mass is 16.7. The highest BCUT2D eigenvalue weighted by molar-refractivity contribution is 5.98. The van der Waals surface area contributed by atoms with Crippen molar-refractivity contribution in [2.24, 2.45) is 0 Å². The van der Waals surface area contributed by atoms with Crippen LogP contribution in [-0.2, 0) is 10.2 Å². The summed E-state index contributed by atoms with van der Waals surface area (Å²) < 4.78 is 16.7. The van der Waals surface area contributed by atoms with Gasteiger partial charge < -0.3 is 19.3 Å². The number of carbonyl (C=O) groups excluding carboxylic acids is 1. The SMILES string of the molecule is CN1C[C@@H]2OC(=O)c3c(ccc4c3OCO4)[C@]23C=C[C@H](O)C[C@H]13. The quantitative estimate of drug-likeness (QED) is 0.565. The Kier molecular flexibility index (Phi) is 2.49. The van der Waals surface area contributed by atoms with Crippen LogP contribution in [0.4, 0.5) is 0 Å². The molecule has 1 spiro atoms. The molecule has 1 aromatic carbocycles. The van der Waals surface area contributed by atoms with E-state index in [4.69, 9.17) is 14.2 Å². The molecule has 1 fully saturated rings. The van der Waals surface area contributed by atoms with E-state index in [1.165, 1.54) is 0 Å². The van der Waals surface area contributed by atoms with Gasteiger partial charge in [-0.05, 0) is 25.1 Å². The summed E-state index contributed by atoms with van der Waals surface area (Å²) in [6.07, 6.45) is 3.74. The molecule has 3 heterocycles. The number of aliphatic hydroxyl groups excluding tert-OH is 1. The van der Waals surface area contributed by atoms with Crippen molar-refractivity contribution in [2.75, 3.05) is 20.4 Å². The van der Waals surface area contributed by atoms with Crippen molar-refractivity contribution in [1.82, 2.24) is 4.90 Å². The lowest BCUT2D eigenvalue weighted by molar-refractivity contribution is 0.0126. The first-order valence-electron chi connectivity index (χ1n) is 7.83. The van der Waals surface area contributed by atoms with Crippen molar-refractivity contribution < 1.29 is 24.1 Å². The molecule has 6 nitrogen and oxygen atoms in total. The van der Waals surface area contributed by atoms with Crippen molar-refractivity contribution in [3.63, 3.8) is 0 Å². The fraction of sp³-hybridized carbons (Fsp3) is 0.471. The van der Waals surface area contributed by atoms with Crippen molar-refractivity contribution in [3.8, 4) is 11.5 Å². The number of aliphatic hydroxyl groups is 1. The number of rotatable bonds is 0. The number of hydrogen-bond acceptors (Lipinski definition) is 6. The van der Waals surface area contributed by atoms with Gasteiger partial charge in [-0.1, -0.05) is 18.2 Å². The normalized spacial score (nSPS) is 37.1. The minimum atomic E-state index is -0.470. The Bertz CT molecular complexity index is 745. The van der Waals surface area contributed by atoms with Crippen molar-refractivity contribution in [2.45, 2.75) is 30.1 Å². The van der Waals surface area contributed by atoms with E-state index in [0.717, 1.165) is 5.56 Å². The highest BCUT2D eigenvalue weighted by Gasteiger charge is 2.60. The third-order valence-electron chi connectivity index (χ3n) is 5.59. The maximum absolute atomic E-state index is 12.6. The molecular weight excluding hydrogens is 298 g/mol. The molecule has 1 N–H and O–H groups in total. The van der Waals surface area contributed by atoms with Crippen LogP contribution in [0.15, 0.2) is 24.3 Å². The lowest BCUT2D eigenvalue weighted by Crippen LogP contribution is -2.52. The van der Waals surface area contributed by atoms with Gasteiger partial charge in [-0.2, -0.15) is 0 Å². The predicted molar refractivity (Wildman–Crippen MR) is 79.6 cm³/mol. The zero-order valence-electron chi connectivity index (χ0n) is 12.7. The Hall–Kier alpha value is -2.05. The minimum absolute atomic E-state index is 0.0831. The van der Waals surface area contributed by atoms with Crippen LogP contribution in [0.3, 0.4) is 0 Å². The number of likely N-dealkylation sites (N-methyl/N-ethyl adjacent to an activating group) is 1.